The van der Waals surface area contributed by atoms with Gasteiger partial charge in [0.15, 0.2) is 5.78 Å². The number of ketones is 1. The topological polar surface area (TPSA) is 26.3 Å². The highest BCUT2D eigenvalue weighted by molar-refractivity contribution is 6.32. The summed E-state index contributed by atoms with van der Waals surface area (Å²) in [7, 11) is 0. The maximum atomic E-state index is 11.5. The molecule has 0 atom stereocenters. The van der Waals surface area contributed by atoms with Crippen molar-refractivity contribution in [2.75, 3.05) is 12.5 Å². The monoisotopic (exact) mass is 246 g/mol. The first-order chi connectivity index (χ1) is 7.19. The second kappa shape index (κ2) is 5.99. The third-order valence-electron chi connectivity index (χ3n) is 1.88. The van der Waals surface area contributed by atoms with E-state index < -0.39 is 0 Å². The Kier molecular flexibility index (Phi) is 4.92. The molecule has 0 saturated heterocycles. The predicted octanol–water partition coefficient (Wildman–Crippen LogP) is 3.55. The van der Waals surface area contributed by atoms with E-state index in [-0.39, 0.29) is 5.78 Å². The van der Waals surface area contributed by atoms with Crippen LogP contribution in [0.5, 0.6) is 5.75 Å². The van der Waals surface area contributed by atoms with Gasteiger partial charge < -0.3 is 4.74 Å². The molecule has 0 heterocycles. The van der Waals surface area contributed by atoms with Crippen molar-refractivity contribution >= 4 is 29.0 Å². The summed E-state index contributed by atoms with van der Waals surface area (Å²) in [5, 5.41) is 0.456. The highest BCUT2D eigenvalue weighted by Crippen LogP contribution is 2.25. The summed E-state index contributed by atoms with van der Waals surface area (Å²) >= 11 is 11.4. The van der Waals surface area contributed by atoms with Crippen LogP contribution in [0.15, 0.2) is 18.2 Å². The van der Waals surface area contributed by atoms with Gasteiger partial charge in [-0.25, -0.2) is 0 Å². The minimum atomic E-state index is -0.00468. The lowest BCUT2D eigenvalue weighted by atomic mass is 10.1. The van der Waals surface area contributed by atoms with Crippen molar-refractivity contribution in [2.45, 2.75) is 13.3 Å². The average Bonchev–Trinajstić information content (AvgIpc) is 2.21. The number of halogens is 2. The van der Waals surface area contributed by atoms with Gasteiger partial charge in [0.25, 0.3) is 0 Å². The zero-order valence-electron chi connectivity index (χ0n) is 8.43. The van der Waals surface area contributed by atoms with Gasteiger partial charge in [0.2, 0.25) is 0 Å². The van der Waals surface area contributed by atoms with E-state index in [9.17, 15) is 4.79 Å². The quantitative estimate of drug-likeness (QED) is 0.587. The Labute approximate surface area is 99.1 Å². The van der Waals surface area contributed by atoms with Gasteiger partial charge in [-0.2, -0.15) is 0 Å². The third kappa shape index (κ3) is 3.40. The third-order valence-corrected chi connectivity index (χ3v) is 2.36. The molecule has 2 nitrogen and oxygen atoms in total. The van der Waals surface area contributed by atoms with Crippen LogP contribution < -0.4 is 4.74 Å². The van der Waals surface area contributed by atoms with E-state index in [0.29, 0.717) is 35.2 Å². The summed E-state index contributed by atoms with van der Waals surface area (Å²) in [6.45, 7) is 2.43. The Balaban J connectivity index is 2.86. The largest absolute Gasteiger partial charge is 0.492 e. The first-order valence-electron chi connectivity index (χ1n) is 4.70. The first-order valence-corrected chi connectivity index (χ1v) is 5.61. The molecule has 1 aromatic rings. The molecule has 0 unspecified atom stereocenters. The van der Waals surface area contributed by atoms with E-state index in [1.54, 1.807) is 18.2 Å². The van der Waals surface area contributed by atoms with Crippen LogP contribution in [0.4, 0.5) is 0 Å². The van der Waals surface area contributed by atoms with Crippen LogP contribution in [0, 0.1) is 0 Å². The van der Waals surface area contributed by atoms with Crippen LogP contribution in [0.1, 0.15) is 23.7 Å². The normalized spacial score (nSPS) is 10.1. The van der Waals surface area contributed by atoms with E-state index in [1.807, 2.05) is 6.92 Å². The number of carbonyl (C=O) groups excluding carboxylic acids is 1. The summed E-state index contributed by atoms with van der Waals surface area (Å²) in [5.41, 5.74) is 0.573. The molecular weight excluding hydrogens is 235 g/mol. The van der Waals surface area contributed by atoms with Crippen LogP contribution in [0.25, 0.3) is 0 Å². The second-order valence-electron chi connectivity index (χ2n) is 2.94. The van der Waals surface area contributed by atoms with Gasteiger partial charge in [-0.3, -0.25) is 4.79 Å². The molecule has 0 aliphatic carbocycles. The van der Waals surface area contributed by atoms with Crippen molar-refractivity contribution in [1.29, 1.82) is 0 Å². The molecule has 82 valence electrons. The van der Waals surface area contributed by atoms with Gasteiger partial charge in [-0.05, 0) is 25.1 Å². The highest BCUT2D eigenvalue weighted by atomic mass is 35.5. The number of Topliss-reactive ketones (excluding diaryl/α,β-unsaturated/α-hetero) is 1. The van der Waals surface area contributed by atoms with Crippen LogP contribution in [-0.2, 0) is 0 Å². The van der Waals surface area contributed by atoms with E-state index in [1.165, 1.54) is 0 Å². The molecule has 0 aromatic heterocycles. The van der Waals surface area contributed by atoms with Crippen LogP contribution >= 0.6 is 23.2 Å². The van der Waals surface area contributed by atoms with Gasteiger partial charge in [-0.1, -0.05) is 11.6 Å². The summed E-state index contributed by atoms with van der Waals surface area (Å²) in [4.78, 5) is 11.5. The van der Waals surface area contributed by atoms with E-state index in [0.717, 1.165) is 0 Å². The van der Waals surface area contributed by atoms with Crippen molar-refractivity contribution < 1.29 is 9.53 Å². The smallest absolute Gasteiger partial charge is 0.164 e. The highest BCUT2D eigenvalue weighted by Gasteiger charge is 2.08. The number of ether oxygens (including phenoxy) is 1. The standard InChI is InChI=1S/C11H12Cl2O2/c1-2-15-11-4-3-8(7-9(11)13)10(14)5-6-12/h3-4,7H,2,5-6H2,1H3. The molecule has 0 radical (unpaired) electrons. The number of alkyl halides is 1. The van der Waals surface area contributed by atoms with Crippen LogP contribution in [-0.4, -0.2) is 18.3 Å². The Morgan fingerprint density at radius 1 is 1.47 bits per heavy atom. The molecule has 0 amide bonds. The zero-order chi connectivity index (χ0) is 11.3. The first kappa shape index (κ1) is 12.3. The molecule has 1 aromatic carbocycles. The molecule has 0 N–H and O–H groups in total. The maximum Gasteiger partial charge on any atom is 0.164 e. The molecular formula is C11H12Cl2O2. The van der Waals surface area contributed by atoms with Crippen molar-refractivity contribution in [1.82, 2.24) is 0 Å². The van der Waals surface area contributed by atoms with Crippen LogP contribution in [0.3, 0.4) is 0 Å². The fourth-order valence-electron chi connectivity index (χ4n) is 1.18. The summed E-state index contributed by atoms with van der Waals surface area (Å²) in [6, 6.07) is 5.01. The zero-order valence-corrected chi connectivity index (χ0v) is 9.94. The lowest BCUT2D eigenvalue weighted by Gasteiger charge is -2.06. The maximum absolute atomic E-state index is 11.5. The van der Waals surface area contributed by atoms with Gasteiger partial charge in [0, 0.05) is 17.9 Å². The van der Waals surface area contributed by atoms with E-state index >= 15 is 0 Å². The minimum Gasteiger partial charge on any atom is -0.492 e. The Hall–Kier alpha value is -0.730. The van der Waals surface area contributed by atoms with Gasteiger partial charge in [0.05, 0.1) is 11.6 Å². The van der Waals surface area contributed by atoms with E-state index in [4.69, 9.17) is 27.9 Å². The predicted molar refractivity (Wildman–Crippen MR) is 62.3 cm³/mol. The lowest BCUT2D eigenvalue weighted by Crippen LogP contribution is -2.00. The summed E-state index contributed by atoms with van der Waals surface area (Å²) in [6.07, 6.45) is 0.325. The molecule has 1 rings (SSSR count). The van der Waals surface area contributed by atoms with Crippen molar-refractivity contribution in [3.63, 3.8) is 0 Å². The lowest BCUT2D eigenvalue weighted by molar-refractivity contribution is 0.0989. The summed E-state index contributed by atoms with van der Waals surface area (Å²) < 4.78 is 5.26. The number of hydrogen-bond donors (Lipinski definition) is 0. The van der Waals surface area contributed by atoms with Gasteiger partial charge in [-0.15, -0.1) is 11.6 Å². The molecule has 0 fully saturated rings. The second-order valence-corrected chi connectivity index (χ2v) is 3.73. The van der Waals surface area contributed by atoms with E-state index in [2.05, 4.69) is 0 Å². The van der Waals surface area contributed by atoms with Crippen molar-refractivity contribution in [3.05, 3.63) is 28.8 Å². The van der Waals surface area contributed by atoms with Crippen molar-refractivity contribution in [2.24, 2.45) is 0 Å². The number of benzene rings is 1. The SMILES string of the molecule is CCOc1ccc(C(=O)CCCl)cc1Cl. The van der Waals surface area contributed by atoms with Crippen molar-refractivity contribution in [3.8, 4) is 5.75 Å². The fraction of sp³-hybridized carbons (Fsp3) is 0.364. The number of rotatable bonds is 5. The van der Waals surface area contributed by atoms with Gasteiger partial charge >= 0.3 is 0 Å². The molecule has 0 bridgehead atoms. The Bertz CT molecular complexity index is 350. The summed E-state index contributed by atoms with van der Waals surface area (Å²) in [5.74, 6) is 0.917. The molecule has 0 aliphatic heterocycles. The molecule has 15 heavy (non-hydrogen) atoms. The Morgan fingerprint density at radius 2 is 2.20 bits per heavy atom. The van der Waals surface area contributed by atoms with Crippen LogP contribution in [0.2, 0.25) is 5.02 Å². The number of carbonyl (C=O) groups is 1. The fourth-order valence-corrected chi connectivity index (χ4v) is 1.58. The minimum absolute atomic E-state index is 0.00468. The molecule has 0 spiro atoms. The number of hydrogen-bond acceptors (Lipinski definition) is 2. The molecule has 0 aliphatic rings. The Morgan fingerprint density at radius 3 is 2.73 bits per heavy atom. The molecule has 0 saturated carbocycles. The average molecular weight is 247 g/mol. The van der Waals surface area contributed by atoms with Gasteiger partial charge in [0.1, 0.15) is 5.75 Å². The molecule has 4 heteroatoms.